The molecule has 0 radical (unpaired) electrons. The highest BCUT2D eigenvalue weighted by atomic mass is 16.5. The van der Waals surface area contributed by atoms with Gasteiger partial charge in [-0.1, -0.05) is 6.92 Å². The van der Waals surface area contributed by atoms with Crippen molar-refractivity contribution in [1.29, 1.82) is 5.26 Å². The van der Waals surface area contributed by atoms with Gasteiger partial charge >= 0.3 is 0 Å². The molecule has 2 aromatic carbocycles. The van der Waals surface area contributed by atoms with Gasteiger partial charge in [0.2, 0.25) is 0 Å². The van der Waals surface area contributed by atoms with Gasteiger partial charge in [-0.25, -0.2) is 0 Å². The van der Waals surface area contributed by atoms with Crippen molar-refractivity contribution in [2.75, 3.05) is 23.3 Å². The number of benzene rings is 2. The number of carbonyl (C=O) groups excluding carboxylic acids is 1. The summed E-state index contributed by atoms with van der Waals surface area (Å²) in [5.74, 6) is 1.16. The van der Waals surface area contributed by atoms with E-state index in [0.717, 1.165) is 24.7 Å². The zero-order chi connectivity index (χ0) is 19.2. The Balaban J connectivity index is 1.54. The van der Waals surface area contributed by atoms with Crippen LogP contribution in [-0.4, -0.2) is 25.1 Å². The highest BCUT2D eigenvalue weighted by Gasteiger charge is 2.17. The fourth-order valence-corrected chi connectivity index (χ4v) is 3.13. The zero-order valence-electron chi connectivity index (χ0n) is 15.8. The lowest BCUT2D eigenvalue weighted by atomic mass is 9.99. The number of amides is 1. The van der Waals surface area contributed by atoms with Crippen LogP contribution >= 0.6 is 0 Å². The second kappa shape index (κ2) is 8.59. The summed E-state index contributed by atoms with van der Waals surface area (Å²) in [5.41, 5.74) is 2.51. The predicted octanol–water partition coefficient (Wildman–Crippen LogP) is 4.20. The molecule has 0 bridgehead atoms. The highest BCUT2D eigenvalue weighted by molar-refractivity contribution is 5.94. The largest absolute Gasteiger partial charge is 0.481 e. The van der Waals surface area contributed by atoms with Crippen LogP contribution in [-0.2, 0) is 4.79 Å². The quantitative estimate of drug-likeness (QED) is 0.865. The average molecular weight is 363 g/mol. The van der Waals surface area contributed by atoms with Crippen molar-refractivity contribution in [1.82, 2.24) is 0 Å². The number of piperidine rings is 1. The maximum absolute atomic E-state index is 12.4. The van der Waals surface area contributed by atoms with Crippen molar-refractivity contribution in [3.8, 4) is 11.8 Å². The summed E-state index contributed by atoms with van der Waals surface area (Å²) in [6, 6.07) is 16.7. The Kier molecular flexibility index (Phi) is 5.97. The third-order valence-corrected chi connectivity index (χ3v) is 4.95. The first-order valence-electron chi connectivity index (χ1n) is 9.38. The second-order valence-electron chi connectivity index (χ2n) is 7.10. The number of hydrogen-bond acceptors (Lipinski definition) is 4. The maximum atomic E-state index is 12.4. The van der Waals surface area contributed by atoms with Gasteiger partial charge in [0.15, 0.2) is 6.10 Å². The van der Waals surface area contributed by atoms with E-state index < -0.39 is 6.10 Å². The van der Waals surface area contributed by atoms with Crippen LogP contribution in [0.15, 0.2) is 48.5 Å². The molecule has 27 heavy (non-hydrogen) atoms. The third kappa shape index (κ3) is 5.01. The summed E-state index contributed by atoms with van der Waals surface area (Å²) in [4.78, 5) is 14.8. The first-order chi connectivity index (χ1) is 13.0. The third-order valence-electron chi connectivity index (χ3n) is 4.95. The molecule has 1 saturated heterocycles. The van der Waals surface area contributed by atoms with Crippen LogP contribution in [0.25, 0.3) is 0 Å². The molecule has 1 amide bonds. The Morgan fingerprint density at radius 2 is 1.78 bits per heavy atom. The number of anilines is 2. The van der Waals surface area contributed by atoms with Crippen LogP contribution in [0.5, 0.6) is 5.75 Å². The molecule has 1 aliphatic rings. The van der Waals surface area contributed by atoms with E-state index in [1.165, 1.54) is 18.5 Å². The standard InChI is InChI=1S/C22H25N3O2/c1-16-11-13-25(14-12-16)20-7-5-19(6-8-20)24-22(26)17(2)27-21-9-3-18(15-23)4-10-21/h3-10,16-17H,11-14H2,1-2H3,(H,24,26)/t17-/m0/s1. The minimum Gasteiger partial charge on any atom is -0.481 e. The molecule has 5 heteroatoms. The molecule has 1 atom stereocenters. The normalized spacial score (nSPS) is 15.7. The molecule has 0 aliphatic carbocycles. The number of nitriles is 1. The number of hydrogen-bond donors (Lipinski definition) is 1. The number of ether oxygens (including phenoxy) is 1. The fraction of sp³-hybridized carbons (Fsp3) is 0.364. The van der Waals surface area contributed by atoms with E-state index in [4.69, 9.17) is 10.00 Å². The molecule has 1 fully saturated rings. The van der Waals surface area contributed by atoms with E-state index >= 15 is 0 Å². The summed E-state index contributed by atoms with van der Waals surface area (Å²) in [6.07, 6.45) is 1.81. The molecule has 0 aromatic heterocycles. The minimum atomic E-state index is -0.638. The SMILES string of the molecule is CC1CCN(c2ccc(NC(=O)[C@H](C)Oc3ccc(C#N)cc3)cc2)CC1. The number of rotatable bonds is 5. The van der Waals surface area contributed by atoms with Gasteiger partial charge in [-0.2, -0.15) is 5.26 Å². The van der Waals surface area contributed by atoms with E-state index in [-0.39, 0.29) is 5.91 Å². The molecule has 5 nitrogen and oxygen atoms in total. The fourth-order valence-electron chi connectivity index (χ4n) is 3.13. The zero-order valence-corrected chi connectivity index (χ0v) is 15.8. The molecule has 1 heterocycles. The number of nitrogens with one attached hydrogen (secondary N) is 1. The monoisotopic (exact) mass is 363 g/mol. The smallest absolute Gasteiger partial charge is 0.265 e. The lowest BCUT2D eigenvalue weighted by Crippen LogP contribution is -2.32. The Morgan fingerprint density at radius 1 is 1.15 bits per heavy atom. The van der Waals surface area contributed by atoms with Crippen molar-refractivity contribution in [3.63, 3.8) is 0 Å². The van der Waals surface area contributed by atoms with E-state index in [1.807, 2.05) is 12.1 Å². The molecule has 140 valence electrons. The molecule has 1 N–H and O–H groups in total. The van der Waals surface area contributed by atoms with E-state index in [2.05, 4.69) is 35.3 Å². The summed E-state index contributed by atoms with van der Waals surface area (Å²) in [7, 11) is 0. The number of carbonyl (C=O) groups is 1. The Morgan fingerprint density at radius 3 is 2.37 bits per heavy atom. The van der Waals surface area contributed by atoms with E-state index in [1.54, 1.807) is 31.2 Å². The summed E-state index contributed by atoms with van der Waals surface area (Å²) < 4.78 is 5.65. The molecule has 3 rings (SSSR count). The first-order valence-corrected chi connectivity index (χ1v) is 9.38. The molecular formula is C22H25N3O2. The Labute approximate surface area is 160 Å². The first kappa shape index (κ1) is 18.8. The van der Waals surface area contributed by atoms with Crippen LogP contribution < -0.4 is 15.0 Å². The minimum absolute atomic E-state index is 0.209. The lowest BCUT2D eigenvalue weighted by molar-refractivity contribution is -0.122. The average Bonchev–Trinajstić information content (AvgIpc) is 2.70. The van der Waals surface area contributed by atoms with E-state index in [0.29, 0.717) is 11.3 Å². The van der Waals surface area contributed by atoms with E-state index in [9.17, 15) is 4.79 Å². The van der Waals surface area contributed by atoms with Gasteiger partial charge in [0.25, 0.3) is 5.91 Å². The predicted molar refractivity (Wildman–Crippen MR) is 107 cm³/mol. The van der Waals surface area contributed by atoms with Gasteiger partial charge in [-0.05, 0) is 74.2 Å². The maximum Gasteiger partial charge on any atom is 0.265 e. The second-order valence-corrected chi connectivity index (χ2v) is 7.10. The van der Waals surface area contributed by atoms with Gasteiger partial charge in [-0.15, -0.1) is 0 Å². The summed E-state index contributed by atoms with van der Waals surface area (Å²) in [5, 5.41) is 11.7. The molecule has 0 unspecified atom stereocenters. The van der Waals surface area contributed by atoms with Crippen molar-refractivity contribution in [3.05, 3.63) is 54.1 Å². The van der Waals surface area contributed by atoms with Crippen LogP contribution in [0.2, 0.25) is 0 Å². The van der Waals surface area contributed by atoms with Gasteiger partial charge in [0.05, 0.1) is 11.6 Å². The van der Waals surface area contributed by atoms with Crippen molar-refractivity contribution in [2.24, 2.45) is 5.92 Å². The van der Waals surface area contributed by atoms with Gasteiger partial charge in [-0.3, -0.25) is 4.79 Å². The summed E-state index contributed by atoms with van der Waals surface area (Å²) >= 11 is 0. The molecule has 2 aromatic rings. The van der Waals surface area contributed by atoms with Gasteiger partial charge in [0.1, 0.15) is 5.75 Å². The van der Waals surface area contributed by atoms with Gasteiger partial charge in [0, 0.05) is 24.5 Å². The molecule has 1 aliphatic heterocycles. The Bertz CT molecular complexity index is 801. The Hall–Kier alpha value is -3.00. The van der Waals surface area contributed by atoms with Crippen molar-refractivity contribution >= 4 is 17.3 Å². The van der Waals surface area contributed by atoms with Crippen LogP contribution in [0.4, 0.5) is 11.4 Å². The van der Waals surface area contributed by atoms with Crippen LogP contribution in [0.3, 0.4) is 0 Å². The molecular weight excluding hydrogens is 338 g/mol. The molecule has 0 saturated carbocycles. The van der Waals surface area contributed by atoms with Crippen molar-refractivity contribution in [2.45, 2.75) is 32.8 Å². The van der Waals surface area contributed by atoms with Crippen LogP contribution in [0, 0.1) is 17.2 Å². The van der Waals surface area contributed by atoms with Gasteiger partial charge < -0.3 is 15.0 Å². The number of nitrogens with zero attached hydrogens (tertiary/aromatic N) is 2. The topological polar surface area (TPSA) is 65.4 Å². The summed E-state index contributed by atoms with van der Waals surface area (Å²) in [6.45, 7) is 6.18. The lowest BCUT2D eigenvalue weighted by Gasteiger charge is -2.32. The van der Waals surface area contributed by atoms with Crippen LogP contribution in [0.1, 0.15) is 32.3 Å². The van der Waals surface area contributed by atoms with Crippen molar-refractivity contribution < 1.29 is 9.53 Å². The highest BCUT2D eigenvalue weighted by Crippen LogP contribution is 2.24. The molecule has 0 spiro atoms.